The van der Waals surface area contributed by atoms with Crippen molar-refractivity contribution in [1.82, 2.24) is 10.6 Å². The van der Waals surface area contributed by atoms with Gasteiger partial charge >= 0.3 is 5.97 Å². The molecule has 0 radical (unpaired) electrons. The Bertz CT molecular complexity index is 463. The number of rotatable bonds is 7. The molecule has 1 amide bonds. The molecule has 19 heavy (non-hydrogen) atoms. The molecule has 0 aliphatic heterocycles. The quantitative estimate of drug-likeness (QED) is 0.640. The number of halogens is 1. The molecule has 0 aliphatic carbocycles. The molecule has 0 spiro atoms. The molecule has 0 bridgehead atoms. The second-order valence-corrected chi connectivity index (χ2v) is 4.18. The minimum Gasteiger partial charge on any atom is -0.481 e. The summed E-state index contributed by atoms with van der Waals surface area (Å²) in [5.41, 5.74) is 1.24. The van der Waals surface area contributed by atoms with E-state index in [1.54, 1.807) is 19.1 Å². The Hall–Kier alpha value is -1.95. The standard InChI is InChI=1S/C13H17FN2O3/c1-9-2-3-10(6-11(9)14)7-16-12(17)8-15-5-4-13(18)19/h2-3,6,15H,4-5,7-8H2,1H3,(H,16,17)(H,18,19). The maximum absolute atomic E-state index is 13.2. The molecule has 0 atom stereocenters. The van der Waals surface area contributed by atoms with Crippen molar-refractivity contribution in [2.45, 2.75) is 19.9 Å². The number of aryl methyl sites for hydroxylation is 1. The maximum atomic E-state index is 13.2. The highest BCUT2D eigenvalue weighted by molar-refractivity contribution is 5.78. The summed E-state index contributed by atoms with van der Waals surface area (Å²) in [4.78, 5) is 21.6. The Morgan fingerprint density at radius 2 is 2.11 bits per heavy atom. The van der Waals surface area contributed by atoms with Gasteiger partial charge in [0.1, 0.15) is 5.82 Å². The molecule has 0 unspecified atom stereocenters. The van der Waals surface area contributed by atoms with Crippen LogP contribution in [0.1, 0.15) is 17.5 Å². The number of benzene rings is 1. The van der Waals surface area contributed by atoms with Gasteiger partial charge in [0.05, 0.1) is 13.0 Å². The van der Waals surface area contributed by atoms with Gasteiger partial charge in [-0.25, -0.2) is 4.39 Å². The molecule has 0 aliphatic rings. The monoisotopic (exact) mass is 268 g/mol. The second-order valence-electron chi connectivity index (χ2n) is 4.18. The van der Waals surface area contributed by atoms with E-state index in [4.69, 9.17) is 5.11 Å². The van der Waals surface area contributed by atoms with Crippen molar-refractivity contribution in [2.75, 3.05) is 13.1 Å². The lowest BCUT2D eigenvalue weighted by Gasteiger charge is -2.07. The summed E-state index contributed by atoms with van der Waals surface area (Å²) in [6.07, 6.45) is -0.0313. The lowest BCUT2D eigenvalue weighted by Crippen LogP contribution is -2.34. The molecule has 1 rings (SSSR count). The van der Waals surface area contributed by atoms with Crippen LogP contribution < -0.4 is 10.6 Å². The molecule has 1 aromatic carbocycles. The van der Waals surface area contributed by atoms with E-state index < -0.39 is 5.97 Å². The average molecular weight is 268 g/mol. The van der Waals surface area contributed by atoms with Crippen LogP contribution in [0, 0.1) is 12.7 Å². The van der Waals surface area contributed by atoms with Crippen LogP contribution in [0.2, 0.25) is 0 Å². The Morgan fingerprint density at radius 1 is 1.37 bits per heavy atom. The van der Waals surface area contributed by atoms with E-state index in [2.05, 4.69) is 10.6 Å². The number of carboxylic acid groups (broad SMARTS) is 1. The summed E-state index contributed by atoms with van der Waals surface area (Å²) in [7, 11) is 0. The number of hydrogen-bond acceptors (Lipinski definition) is 3. The Kier molecular flexibility index (Phi) is 5.95. The van der Waals surface area contributed by atoms with Crippen molar-refractivity contribution < 1.29 is 19.1 Å². The van der Waals surface area contributed by atoms with Crippen molar-refractivity contribution in [1.29, 1.82) is 0 Å². The van der Waals surface area contributed by atoms with Gasteiger partial charge in [0, 0.05) is 13.1 Å². The lowest BCUT2D eigenvalue weighted by atomic mass is 10.1. The minimum atomic E-state index is -0.914. The molecule has 5 nitrogen and oxygen atoms in total. The third kappa shape index (κ3) is 5.96. The number of carbonyl (C=O) groups excluding carboxylic acids is 1. The van der Waals surface area contributed by atoms with Crippen LogP contribution in [0.4, 0.5) is 4.39 Å². The van der Waals surface area contributed by atoms with Gasteiger partial charge in [-0.15, -0.1) is 0 Å². The highest BCUT2D eigenvalue weighted by Crippen LogP contribution is 2.08. The fraction of sp³-hybridized carbons (Fsp3) is 0.385. The first-order valence-electron chi connectivity index (χ1n) is 5.93. The van der Waals surface area contributed by atoms with Gasteiger partial charge in [-0.2, -0.15) is 0 Å². The molecule has 0 saturated heterocycles. The van der Waals surface area contributed by atoms with E-state index in [-0.39, 0.29) is 37.8 Å². The van der Waals surface area contributed by atoms with Crippen molar-refractivity contribution in [3.05, 3.63) is 35.1 Å². The van der Waals surface area contributed by atoms with E-state index in [1.807, 2.05) is 0 Å². The van der Waals surface area contributed by atoms with Crippen LogP contribution >= 0.6 is 0 Å². The van der Waals surface area contributed by atoms with Crippen molar-refractivity contribution in [3.8, 4) is 0 Å². The molecule has 0 heterocycles. The van der Waals surface area contributed by atoms with Gasteiger partial charge in [-0.05, 0) is 24.1 Å². The first-order chi connectivity index (χ1) is 8.99. The summed E-state index contributed by atoms with van der Waals surface area (Å²) in [6, 6.07) is 4.78. The molecule has 104 valence electrons. The first-order valence-corrected chi connectivity index (χ1v) is 5.93. The van der Waals surface area contributed by atoms with Crippen LogP contribution in [0.3, 0.4) is 0 Å². The second kappa shape index (κ2) is 7.48. The van der Waals surface area contributed by atoms with Crippen molar-refractivity contribution in [2.24, 2.45) is 0 Å². The number of nitrogens with one attached hydrogen (secondary N) is 2. The van der Waals surface area contributed by atoms with Crippen LogP contribution in [0.15, 0.2) is 18.2 Å². The van der Waals surface area contributed by atoms with Gasteiger partial charge in [0.15, 0.2) is 0 Å². The van der Waals surface area contributed by atoms with E-state index in [0.29, 0.717) is 11.1 Å². The zero-order valence-electron chi connectivity index (χ0n) is 10.7. The number of carbonyl (C=O) groups is 2. The summed E-state index contributed by atoms with van der Waals surface area (Å²) in [5.74, 6) is -1.47. The highest BCUT2D eigenvalue weighted by atomic mass is 19.1. The number of amides is 1. The van der Waals surface area contributed by atoms with E-state index in [9.17, 15) is 14.0 Å². The number of hydrogen-bond donors (Lipinski definition) is 3. The van der Waals surface area contributed by atoms with Gasteiger partial charge in [-0.3, -0.25) is 9.59 Å². The largest absolute Gasteiger partial charge is 0.481 e. The van der Waals surface area contributed by atoms with Crippen LogP contribution in [-0.2, 0) is 16.1 Å². The summed E-state index contributed by atoms with van der Waals surface area (Å²) in [6.45, 7) is 2.20. The predicted octanol–water partition coefficient (Wildman–Crippen LogP) is 0.815. The van der Waals surface area contributed by atoms with Crippen LogP contribution in [0.25, 0.3) is 0 Å². The molecule has 6 heteroatoms. The zero-order chi connectivity index (χ0) is 14.3. The van der Waals surface area contributed by atoms with Gasteiger partial charge < -0.3 is 15.7 Å². The summed E-state index contributed by atoms with van der Waals surface area (Å²) in [5, 5.41) is 13.7. The predicted molar refractivity (Wildman–Crippen MR) is 68.1 cm³/mol. The van der Waals surface area contributed by atoms with E-state index in [1.165, 1.54) is 6.07 Å². The van der Waals surface area contributed by atoms with E-state index >= 15 is 0 Å². The highest BCUT2D eigenvalue weighted by Gasteiger charge is 2.03. The smallest absolute Gasteiger partial charge is 0.304 e. The van der Waals surface area contributed by atoms with Crippen molar-refractivity contribution in [3.63, 3.8) is 0 Å². The number of carboxylic acids is 1. The fourth-order valence-electron chi connectivity index (χ4n) is 1.41. The topological polar surface area (TPSA) is 78.4 Å². The SMILES string of the molecule is Cc1ccc(CNC(=O)CNCCC(=O)O)cc1F. The molecule has 3 N–H and O–H groups in total. The first kappa shape index (κ1) is 15.1. The Labute approximate surface area is 110 Å². The molecule has 1 aromatic rings. The molecule has 0 saturated carbocycles. The minimum absolute atomic E-state index is 0.0313. The third-order valence-electron chi connectivity index (χ3n) is 2.53. The van der Waals surface area contributed by atoms with E-state index in [0.717, 1.165) is 0 Å². The number of aliphatic carboxylic acids is 1. The van der Waals surface area contributed by atoms with Crippen LogP contribution in [0.5, 0.6) is 0 Å². The van der Waals surface area contributed by atoms with Crippen LogP contribution in [-0.4, -0.2) is 30.1 Å². The van der Waals surface area contributed by atoms with Gasteiger partial charge in [0.25, 0.3) is 0 Å². The fourth-order valence-corrected chi connectivity index (χ4v) is 1.41. The van der Waals surface area contributed by atoms with Gasteiger partial charge in [-0.1, -0.05) is 12.1 Å². The Balaban J connectivity index is 2.26. The maximum Gasteiger partial charge on any atom is 0.304 e. The molecule has 0 aromatic heterocycles. The molecular weight excluding hydrogens is 251 g/mol. The third-order valence-corrected chi connectivity index (χ3v) is 2.53. The van der Waals surface area contributed by atoms with Gasteiger partial charge in [0.2, 0.25) is 5.91 Å². The lowest BCUT2D eigenvalue weighted by molar-refractivity contribution is -0.137. The summed E-state index contributed by atoms with van der Waals surface area (Å²) < 4.78 is 13.2. The summed E-state index contributed by atoms with van der Waals surface area (Å²) >= 11 is 0. The normalized spacial score (nSPS) is 10.2. The molecular formula is C13H17FN2O3. The van der Waals surface area contributed by atoms with Crippen molar-refractivity contribution >= 4 is 11.9 Å². The zero-order valence-corrected chi connectivity index (χ0v) is 10.7. The Morgan fingerprint density at radius 3 is 2.74 bits per heavy atom. The average Bonchev–Trinajstić information content (AvgIpc) is 2.36. The molecule has 0 fully saturated rings.